The normalized spacial score (nSPS) is 12.0. The summed E-state index contributed by atoms with van der Waals surface area (Å²) in [7, 11) is 0. The third-order valence-corrected chi connectivity index (χ3v) is 2.29. The summed E-state index contributed by atoms with van der Waals surface area (Å²) in [5, 5.41) is 17.7. The maximum absolute atomic E-state index is 8.84. The van der Waals surface area contributed by atoms with Crippen LogP contribution in [0.15, 0.2) is 0 Å². The molecule has 0 amide bonds. The molecule has 2 nitrogen and oxygen atoms in total. The first-order valence-corrected chi connectivity index (χ1v) is 4.78. The van der Waals surface area contributed by atoms with Crippen LogP contribution in [-0.4, -0.2) is 35.4 Å². The van der Waals surface area contributed by atoms with Crippen molar-refractivity contribution >= 4 is 11.8 Å². The van der Waals surface area contributed by atoms with Crippen LogP contribution in [0.3, 0.4) is 0 Å². The molecule has 10 heavy (non-hydrogen) atoms. The van der Waals surface area contributed by atoms with Gasteiger partial charge in [-0.15, -0.1) is 0 Å². The van der Waals surface area contributed by atoms with Gasteiger partial charge in [0.2, 0.25) is 0 Å². The van der Waals surface area contributed by atoms with E-state index in [1.165, 1.54) is 0 Å². The zero-order valence-electron chi connectivity index (χ0n) is 6.63. The Hall–Kier alpha value is 0.270. The number of aliphatic hydroxyl groups is 2. The minimum atomic E-state index is -0.275. The molecule has 0 radical (unpaired) electrons. The van der Waals surface area contributed by atoms with Crippen molar-refractivity contribution in [3.05, 3.63) is 0 Å². The molecular weight excluding hydrogens is 148 g/mol. The Bertz CT molecular complexity index is 81.7. The van der Waals surface area contributed by atoms with E-state index in [-0.39, 0.29) is 18.6 Å². The summed E-state index contributed by atoms with van der Waals surface area (Å²) in [5.41, 5.74) is -0.275. The third kappa shape index (κ3) is 3.44. The highest BCUT2D eigenvalue weighted by Gasteiger charge is 2.20. The molecule has 0 aliphatic carbocycles. The average molecular weight is 164 g/mol. The SMILES string of the molecule is CSCCC(C)(CO)CO. The zero-order chi connectivity index (χ0) is 8.04. The molecule has 0 unspecified atom stereocenters. The quantitative estimate of drug-likeness (QED) is 0.629. The topological polar surface area (TPSA) is 40.5 Å². The van der Waals surface area contributed by atoms with Crippen molar-refractivity contribution in [1.82, 2.24) is 0 Å². The summed E-state index contributed by atoms with van der Waals surface area (Å²) in [5.74, 6) is 0.998. The van der Waals surface area contributed by atoms with E-state index < -0.39 is 0 Å². The van der Waals surface area contributed by atoms with E-state index in [0.717, 1.165) is 12.2 Å². The van der Waals surface area contributed by atoms with Crippen LogP contribution in [0.1, 0.15) is 13.3 Å². The van der Waals surface area contributed by atoms with E-state index in [2.05, 4.69) is 0 Å². The lowest BCUT2D eigenvalue weighted by atomic mass is 9.90. The highest BCUT2D eigenvalue weighted by atomic mass is 32.2. The predicted octanol–water partition coefficient (Wildman–Crippen LogP) is 0.730. The molecule has 0 saturated carbocycles. The molecule has 0 bridgehead atoms. The van der Waals surface area contributed by atoms with E-state index in [0.29, 0.717) is 0 Å². The fraction of sp³-hybridized carbons (Fsp3) is 1.00. The minimum absolute atomic E-state index is 0.0735. The summed E-state index contributed by atoms with van der Waals surface area (Å²) in [6.07, 6.45) is 2.90. The van der Waals surface area contributed by atoms with E-state index in [1.54, 1.807) is 11.8 Å². The van der Waals surface area contributed by atoms with Crippen LogP contribution >= 0.6 is 11.8 Å². The van der Waals surface area contributed by atoms with Gasteiger partial charge in [0.25, 0.3) is 0 Å². The van der Waals surface area contributed by atoms with Crippen molar-refractivity contribution in [2.24, 2.45) is 5.41 Å². The lowest BCUT2D eigenvalue weighted by molar-refractivity contribution is 0.0680. The average Bonchev–Trinajstić information content (AvgIpc) is 2.00. The first-order valence-electron chi connectivity index (χ1n) is 3.39. The van der Waals surface area contributed by atoms with Crippen LogP contribution in [0.25, 0.3) is 0 Å². The smallest absolute Gasteiger partial charge is 0.0507 e. The molecule has 0 atom stereocenters. The van der Waals surface area contributed by atoms with E-state index in [1.807, 2.05) is 13.2 Å². The zero-order valence-corrected chi connectivity index (χ0v) is 7.45. The summed E-state index contributed by atoms with van der Waals surface area (Å²) in [6, 6.07) is 0. The van der Waals surface area contributed by atoms with Gasteiger partial charge in [0.15, 0.2) is 0 Å². The Balaban J connectivity index is 3.58. The second-order valence-corrected chi connectivity index (χ2v) is 3.86. The Morgan fingerprint density at radius 1 is 1.30 bits per heavy atom. The Morgan fingerprint density at radius 2 is 1.80 bits per heavy atom. The van der Waals surface area contributed by atoms with Gasteiger partial charge in [-0.25, -0.2) is 0 Å². The Labute approximate surface area is 66.6 Å². The van der Waals surface area contributed by atoms with Crippen LogP contribution in [0.5, 0.6) is 0 Å². The summed E-state index contributed by atoms with van der Waals surface area (Å²) >= 11 is 1.74. The fourth-order valence-corrected chi connectivity index (χ4v) is 1.25. The van der Waals surface area contributed by atoms with Gasteiger partial charge in [-0.05, 0) is 18.4 Å². The van der Waals surface area contributed by atoms with E-state index in [9.17, 15) is 0 Å². The standard InChI is InChI=1S/C7H16O2S/c1-7(5-8,6-9)3-4-10-2/h8-9H,3-6H2,1-2H3. The van der Waals surface area contributed by atoms with Gasteiger partial charge in [0.05, 0.1) is 13.2 Å². The van der Waals surface area contributed by atoms with Crippen LogP contribution < -0.4 is 0 Å². The molecule has 0 aromatic carbocycles. The second kappa shape index (κ2) is 4.99. The van der Waals surface area contributed by atoms with Gasteiger partial charge < -0.3 is 10.2 Å². The number of aliphatic hydroxyl groups excluding tert-OH is 2. The van der Waals surface area contributed by atoms with Crippen molar-refractivity contribution in [1.29, 1.82) is 0 Å². The second-order valence-electron chi connectivity index (χ2n) is 2.87. The van der Waals surface area contributed by atoms with Gasteiger partial charge in [-0.1, -0.05) is 6.92 Å². The maximum atomic E-state index is 8.84. The molecule has 62 valence electrons. The lowest BCUT2D eigenvalue weighted by Crippen LogP contribution is -2.26. The molecule has 0 heterocycles. The minimum Gasteiger partial charge on any atom is -0.396 e. The van der Waals surface area contributed by atoms with Crippen molar-refractivity contribution < 1.29 is 10.2 Å². The lowest BCUT2D eigenvalue weighted by Gasteiger charge is -2.23. The van der Waals surface area contributed by atoms with Crippen LogP contribution in [-0.2, 0) is 0 Å². The van der Waals surface area contributed by atoms with E-state index >= 15 is 0 Å². The van der Waals surface area contributed by atoms with Crippen molar-refractivity contribution in [2.75, 3.05) is 25.2 Å². The van der Waals surface area contributed by atoms with Crippen LogP contribution in [0, 0.1) is 5.41 Å². The predicted molar refractivity (Wildman–Crippen MR) is 45.3 cm³/mol. The van der Waals surface area contributed by atoms with Gasteiger partial charge in [0.1, 0.15) is 0 Å². The van der Waals surface area contributed by atoms with Crippen molar-refractivity contribution in [3.8, 4) is 0 Å². The largest absolute Gasteiger partial charge is 0.396 e. The number of thioether (sulfide) groups is 1. The molecule has 0 saturated heterocycles. The molecule has 0 rings (SSSR count). The first-order chi connectivity index (χ1) is 4.68. The summed E-state index contributed by atoms with van der Waals surface area (Å²) in [4.78, 5) is 0. The molecule has 0 fully saturated rings. The Kier molecular flexibility index (Phi) is 5.13. The van der Waals surface area contributed by atoms with Gasteiger partial charge in [-0.2, -0.15) is 11.8 Å². The Morgan fingerprint density at radius 3 is 2.10 bits per heavy atom. The van der Waals surface area contributed by atoms with Gasteiger partial charge in [0, 0.05) is 5.41 Å². The molecule has 0 spiro atoms. The summed E-state index contributed by atoms with van der Waals surface area (Å²) in [6.45, 7) is 2.04. The van der Waals surface area contributed by atoms with Gasteiger partial charge in [-0.3, -0.25) is 0 Å². The number of rotatable bonds is 5. The van der Waals surface area contributed by atoms with Crippen LogP contribution in [0.4, 0.5) is 0 Å². The third-order valence-electron chi connectivity index (χ3n) is 1.67. The summed E-state index contributed by atoms with van der Waals surface area (Å²) < 4.78 is 0. The van der Waals surface area contributed by atoms with Crippen molar-refractivity contribution in [2.45, 2.75) is 13.3 Å². The fourth-order valence-electron chi connectivity index (χ4n) is 0.557. The molecule has 3 heteroatoms. The highest BCUT2D eigenvalue weighted by Crippen LogP contribution is 2.20. The number of hydrogen-bond acceptors (Lipinski definition) is 3. The molecular formula is C7H16O2S. The van der Waals surface area contributed by atoms with Crippen molar-refractivity contribution in [3.63, 3.8) is 0 Å². The molecule has 0 aromatic rings. The molecule has 0 aromatic heterocycles. The molecule has 0 aliphatic heterocycles. The highest BCUT2D eigenvalue weighted by molar-refractivity contribution is 7.98. The van der Waals surface area contributed by atoms with Gasteiger partial charge >= 0.3 is 0 Å². The molecule has 0 aliphatic rings. The first kappa shape index (κ1) is 10.3. The van der Waals surface area contributed by atoms with E-state index in [4.69, 9.17) is 10.2 Å². The maximum Gasteiger partial charge on any atom is 0.0507 e. The molecule has 2 N–H and O–H groups in total. The monoisotopic (exact) mass is 164 g/mol. The van der Waals surface area contributed by atoms with Crippen LogP contribution in [0.2, 0.25) is 0 Å². The number of hydrogen-bond donors (Lipinski definition) is 2.